The van der Waals surface area contributed by atoms with Crippen LogP contribution in [-0.4, -0.2) is 55.6 Å². The van der Waals surface area contributed by atoms with Crippen LogP contribution in [0.5, 0.6) is 0 Å². The first-order valence-electron chi connectivity index (χ1n) is 11.6. The summed E-state index contributed by atoms with van der Waals surface area (Å²) >= 11 is 0. The van der Waals surface area contributed by atoms with Gasteiger partial charge in [-0.1, -0.05) is 17.7 Å². The van der Waals surface area contributed by atoms with Gasteiger partial charge in [0.1, 0.15) is 0 Å². The molecule has 0 unspecified atom stereocenters. The van der Waals surface area contributed by atoms with Crippen molar-refractivity contribution in [2.75, 3.05) is 31.5 Å². The predicted molar refractivity (Wildman–Crippen MR) is 127 cm³/mol. The summed E-state index contributed by atoms with van der Waals surface area (Å²) in [7, 11) is -3.63. The lowest BCUT2D eigenvalue weighted by atomic mass is 9.98. The maximum atomic E-state index is 13.0. The molecule has 176 valence electrons. The Morgan fingerprint density at radius 1 is 0.879 bits per heavy atom. The molecule has 0 bridgehead atoms. The van der Waals surface area contributed by atoms with Gasteiger partial charge in [-0.15, -0.1) is 0 Å². The summed E-state index contributed by atoms with van der Waals surface area (Å²) in [5.41, 5.74) is 2.21. The number of carbonyl (C=O) groups excluding carboxylic acids is 2. The van der Waals surface area contributed by atoms with E-state index in [9.17, 15) is 18.0 Å². The van der Waals surface area contributed by atoms with Gasteiger partial charge in [0.05, 0.1) is 10.8 Å². The highest BCUT2D eigenvalue weighted by Crippen LogP contribution is 2.25. The van der Waals surface area contributed by atoms with E-state index in [1.807, 2.05) is 11.8 Å². The average Bonchev–Trinajstić information content (AvgIpc) is 2.85. The highest BCUT2D eigenvalue weighted by Gasteiger charge is 2.33. The Morgan fingerprint density at radius 2 is 1.55 bits per heavy atom. The molecule has 2 heterocycles. The molecule has 2 aromatic rings. The Bertz CT molecular complexity index is 1090. The van der Waals surface area contributed by atoms with Crippen molar-refractivity contribution in [2.45, 2.75) is 43.9 Å². The number of anilines is 1. The van der Waals surface area contributed by atoms with E-state index in [1.165, 1.54) is 10.7 Å². The quantitative estimate of drug-likeness (QED) is 0.724. The fourth-order valence-corrected chi connectivity index (χ4v) is 5.98. The number of hydrogen-bond donors (Lipinski definition) is 1. The van der Waals surface area contributed by atoms with Gasteiger partial charge in [-0.25, -0.2) is 8.42 Å². The highest BCUT2D eigenvalue weighted by atomic mass is 32.2. The number of nitrogens with zero attached hydrogens (tertiary/aromatic N) is 2. The molecule has 0 radical (unpaired) electrons. The van der Waals surface area contributed by atoms with Crippen molar-refractivity contribution in [1.82, 2.24) is 9.21 Å². The average molecular weight is 470 g/mol. The summed E-state index contributed by atoms with van der Waals surface area (Å²) in [6, 6.07) is 13.7. The molecule has 2 aliphatic heterocycles. The summed E-state index contributed by atoms with van der Waals surface area (Å²) in [6.45, 7) is 4.07. The number of hydrogen-bond acceptors (Lipinski definition) is 4. The third kappa shape index (κ3) is 5.45. The van der Waals surface area contributed by atoms with Crippen LogP contribution in [0.4, 0.5) is 5.69 Å². The summed E-state index contributed by atoms with van der Waals surface area (Å²) < 4.78 is 27.4. The monoisotopic (exact) mass is 469 g/mol. The van der Waals surface area contributed by atoms with Crippen LogP contribution in [0.2, 0.25) is 0 Å². The molecule has 0 spiro atoms. The summed E-state index contributed by atoms with van der Waals surface area (Å²) in [4.78, 5) is 27.6. The molecule has 2 amide bonds. The maximum absolute atomic E-state index is 13.0. The van der Waals surface area contributed by atoms with Gasteiger partial charge in [0.25, 0.3) is 5.91 Å². The van der Waals surface area contributed by atoms with E-state index in [4.69, 9.17) is 0 Å². The van der Waals surface area contributed by atoms with Crippen LogP contribution < -0.4 is 5.32 Å². The zero-order valence-corrected chi connectivity index (χ0v) is 19.8. The Labute approximate surface area is 195 Å². The first-order chi connectivity index (χ1) is 15.8. The molecule has 2 saturated heterocycles. The van der Waals surface area contributed by atoms with Crippen molar-refractivity contribution in [2.24, 2.45) is 5.92 Å². The van der Waals surface area contributed by atoms with E-state index in [0.29, 0.717) is 30.6 Å². The Balaban J connectivity index is 1.38. The smallest absolute Gasteiger partial charge is 0.253 e. The number of aryl methyl sites for hydroxylation is 1. The van der Waals surface area contributed by atoms with Crippen molar-refractivity contribution in [1.29, 1.82) is 0 Å². The number of sulfonamides is 1. The molecular weight excluding hydrogens is 438 g/mol. The van der Waals surface area contributed by atoms with Gasteiger partial charge in [-0.05, 0) is 75.4 Å². The molecule has 2 aromatic carbocycles. The van der Waals surface area contributed by atoms with Crippen molar-refractivity contribution >= 4 is 27.5 Å². The third-order valence-electron chi connectivity index (χ3n) is 6.46. The van der Waals surface area contributed by atoms with Crippen molar-refractivity contribution < 1.29 is 18.0 Å². The first kappa shape index (κ1) is 23.4. The molecule has 2 aliphatic rings. The number of amides is 2. The molecular formula is C25H31N3O4S. The van der Waals surface area contributed by atoms with E-state index in [0.717, 1.165) is 31.5 Å². The number of piperidine rings is 2. The molecule has 0 aromatic heterocycles. The predicted octanol–water partition coefficient (Wildman–Crippen LogP) is 3.66. The Kier molecular flexibility index (Phi) is 7.14. The van der Waals surface area contributed by atoms with Crippen LogP contribution in [0.15, 0.2) is 53.4 Å². The lowest BCUT2D eigenvalue weighted by molar-refractivity contribution is -0.120. The molecule has 8 heteroatoms. The topological polar surface area (TPSA) is 86.8 Å². The van der Waals surface area contributed by atoms with Gasteiger partial charge in [0, 0.05) is 37.4 Å². The van der Waals surface area contributed by atoms with Crippen LogP contribution in [0.25, 0.3) is 0 Å². The van der Waals surface area contributed by atoms with Gasteiger partial charge in [0.2, 0.25) is 15.9 Å². The maximum Gasteiger partial charge on any atom is 0.253 e. The van der Waals surface area contributed by atoms with Crippen molar-refractivity contribution in [3.63, 3.8) is 0 Å². The first-order valence-corrected chi connectivity index (χ1v) is 13.1. The normalized spacial score (nSPS) is 19.8. The zero-order valence-electron chi connectivity index (χ0n) is 19.0. The summed E-state index contributed by atoms with van der Waals surface area (Å²) in [5.74, 6) is -0.598. The van der Waals surface area contributed by atoms with Crippen LogP contribution in [0, 0.1) is 12.8 Å². The second-order valence-corrected chi connectivity index (χ2v) is 10.9. The van der Waals surface area contributed by atoms with E-state index in [1.54, 1.807) is 48.5 Å². The Hall–Kier alpha value is -2.71. The standard InChI is InChI=1S/C25H31N3O4S/c1-19-7-13-23(14-8-19)33(31,32)28-17-5-6-21(18-28)24(29)26-22-11-9-20(10-12-22)25(30)27-15-3-2-4-16-27/h7-14,21H,2-6,15-18H2,1H3,(H,26,29)/t21-/m0/s1. The van der Waals surface area contributed by atoms with Crippen LogP contribution in [0.3, 0.4) is 0 Å². The second-order valence-electron chi connectivity index (χ2n) is 8.93. The SMILES string of the molecule is Cc1ccc(S(=O)(=O)N2CCC[C@H](C(=O)Nc3ccc(C(=O)N4CCCCC4)cc3)C2)cc1. The van der Waals surface area contributed by atoms with Gasteiger partial charge in [0.15, 0.2) is 0 Å². The van der Waals surface area contributed by atoms with Gasteiger partial charge >= 0.3 is 0 Å². The molecule has 7 nitrogen and oxygen atoms in total. The van der Waals surface area contributed by atoms with Crippen LogP contribution in [0.1, 0.15) is 48.0 Å². The molecule has 1 atom stereocenters. The largest absolute Gasteiger partial charge is 0.339 e. The minimum Gasteiger partial charge on any atom is -0.339 e. The van der Waals surface area contributed by atoms with Gasteiger partial charge in [-0.2, -0.15) is 4.31 Å². The van der Waals surface area contributed by atoms with Gasteiger partial charge in [-0.3, -0.25) is 9.59 Å². The molecule has 1 N–H and O–H groups in total. The number of rotatable bonds is 5. The summed E-state index contributed by atoms with van der Waals surface area (Å²) in [6.07, 6.45) is 4.51. The van der Waals surface area contributed by atoms with Crippen LogP contribution >= 0.6 is 0 Å². The molecule has 33 heavy (non-hydrogen) atoms. The fourth-order valence-electron chi connectivity index (χ4n) is 4.45. The highest BCUT2D eigenvalue weighted by molar-refractivity contribution is 7.89. The van der Waals surface area contributed by atoms with Gasteiger partial charge < -0.3 is 10.2 Å². The van der Waals surface area contributed by atoms with E-state index in [2.05, 4.69) is 5.32 Å². The third-order valence-corrected chi connectivity index (χ3v) is 8.34. The number of carbonyl (C=O) groups is 2. The lowest BCUT2D eigenvalue weighted by Gasteiger charge is -2.31. The van der Waals surface area contributed by atoms with Crippen molar-refractivity contribution in [3.05, 3.63) is 59.7 Å². The number of likely N-dealkylation sites (tertiary alicyclic amines) is 1. The number of benzene rings is 2. The minimum atomic E-state index is -3.63. The van der Waals surface area contributed by atoms with E-state index in [-0.39, 0.29) is 23.3 Å². The molecule has 0 aliphatic carbocycles. The minimum absolute atomic E-state index is 0.0248. The van der Waals surface area contributed by atoms with E-state index < -0.39 is 15.9 Å². The second kappa shape index (κ2) is 10.1. The molecule has 2 fully saturated rings. The number of nitrogens with one attached hydrogen (secondary N) is 1. The molecule has 4 rings (SSSR count). The van der Waals surface area contributed by atoms with Crippen molar-refractivity contribution in [3.8, 4) is 0 Å². The Morgan fingerprint density at radius 3 is 2.21 bits per heavy atom. The lowest BCUT2D eigenvalue weighted by Crippen LogP contribution is -2.43. The zero-order chi connectivity index (χ0) is 23.4. The van der Waals surface area contributed by atoms with Crippen LogP contribution in [-0.2, 0) is 14.8 Å². The van der Waals surface area contributed by atoms with E-state index >= 15 is 0 Å². The molecule has 0 saturated carbocycles. The summed E-state index contributed by atoms with van der Waals surface area (Å²) in [5, 5.41) is 2.89. The fraction of sp³-hybridized carbons (Fsp3) is 0.440.